The van der Waals surface area contributed by atoms with E-state index in [1.54, 1.807) is 0 Å². The molecule has 3 heterocycles. The molecular formula is C21H23Cl2N5. The number of rotatable bonds is 2. The average Bonchev–Trinajstić information content (AvgIpc) is 3.04. The average molecular weight is 416 g/mol. The summed E-state index contributed by atoms with van der Waals surface area (Å²) >= 11 is 12.5. The molecule has 0 amide bonds. The summed E-state index contributed by atoms with van der Waals surface area (Å²) in [5.41, 5.74) is 2.35. The standard InChI is InChI=1S/C21H23Cl2N5/c22-16-5-6-19-15(9-16)11-24-12-20-26-27-21(28(19)20)14-3-1-13(2-4-14)18-10-17(23)7-8-25-18/h5-9,13-14,18,24H,1-4,10-12H2. The predicted molar refractivity (Wildman–Crippen MR) is 112 cm³/mol. The smallest absolute Gasteiger partial charge is 0.151 e. The van der Waals surface area contributed by atoms with Gasteiger partial charge >= 0.3 is 0 Å². The van der Waals surface area contributed by atoms with Gasteiger partial charge < -0.3 is 5.32 Å². The fraction of sp³-hybridized carbons (Fsp3) is 0.476. The van der Waals surface area contributed by atoms with Crippen molar-refractivity contribution in [2.45, 2.75) is 57.2 Å². The number of aliphatic imine (C=N–C) groups is 1. The summed E-state index contributed by atoms with van der Waals surface area (Å²) in [6, 6.07) is 6.42. The summed E-state index contributed by atoms with van der Waals surface area (Å²) in [7, 11) is 0. The number of hydrogen-bond donors (Lipinski definition) is 1. The van der Waals surface area contributed by atoms with E-state index in [2.05, 4.69) is 31.1 Å². The molecule has 1 fully saturated rings. The Bertz CT molecular complexity index is 940. The van der Waals surface area contributed by atoms with Gasteiger partial charge in [0.2, 0.25) is 0 Å². The highest BCUT2D eigenvalue weighted by molar-refractivity contribution is 6.31. The highest BCUT2D eigenvalue weighted by atomic mass is 35.5. The minimum absolute atomic E-state index is 0.334. The molecule has 3 aliphatic rings. The third kappa shape index (κ3) is 3.40. The summed E-state index contributed by atoms with van der Waals surface area (Å²) in [4.78, 5) is 4.67. The number of fused-ring (bicyclic) bond motifs is 3. The van der Waals surface area contributed by atoms with Crippen LogP contribution in [0.1, 0.15) is 55.2 Å². The summed E-state index contributed by atoms with van der Waals surface area (Å²) in [6.07, 6.45) is 9.21. The first-order valence-corrected chi connectivity index (χ1v) is 10.8. The second-order valence-electron chi connectivity index (χ2n) is 7.98. The van der Waals surface area contributed by atoms with Gasteiger partial charge in [-0.05, 0) is 61.4 Å². The monoisotopic (exact) mass is 415 g/mol. The first-order chi connectivity index (χ1) is 13.7. The molecule has 1 aromatic heterocycles. The zero-order chi connectivity index (χ0) is 19.1. The highest BCUT2D eigenvalue weighted by Crippen LogP contribution is 2.40. The van der Waals surface area contributed by atoms with E-state index in [9.17, 15) is 0 Å². The number of hydrogen-bond acceptors (Lipinski definition) is 4. The summed E-state index contributed by atoms with van der Waals surface area (Å²) in [5, 5.41) is 14.2. The van der Waals surface area contributed by atoms with Crippen LogP contribution in [0.3, 0.4) is 0 Å². The first-order valence-electron chi connectivity index (χ1n) is 10.0. The Hall–Kier alpha value is -1.69. The van der Waals surface area contributed by atoms with Crippen LogP contribution in [0.5, 0.6) is 0 Å². The molecular weight excluding hydrogens is 393 g/mol. The molecule has 1 N–H and O–H groups in total. The fourth-order valence-electron chi connectivity index (χ4n) is 4.80. The maximum atomic E-state index is 6.23. The summed E-state index contributed by atoms with van der Waals surface area (Å²) in [5.74, 6) is 3.10. The fourth-order valence-corrected chi connectivity index (χ4v) is 5.21. The Labute approximate surface area is 174 Å². The van der Waals surface area contributed by atoms with Gasteiger partial charge in [0.15, 0.2) is 5.82 Å². The first kappa shape index (κ1) is 18.3. The Balaban J connectivity index is 1.38. The van der Waals surface area contributed by atoms with Gasteiger partial charge in [-0.2, -0.15) is 0 Å². The van der Waals surface area contributed by atoms with E-state index in [4.69, 9.17) is 23.2 Å². The van der Waals surface area contributed by atoms with Crippen molar-refractivity contribution in [1.82, 2.24) is 20.1 Å². The molecule has 5 nitrogen and oxygen atoms in total. The van der Waals surface area contributed by atoms with Crippen LogP contribution in [-0.4, -0.2) is 27.0 Å². The lowest BCUT2D eigenvalue weighted by atomic mass is 9.77. The van der Waals surface area contributed by atoms with Gasteiger partial charge in [0, 0.05) is 35.2 Å². The normalized spacial score (nSPS) is 26.9. The topological polar surface area (TPSA) is 55.1 Å². The van der Waals surface area contributed by atoms with Gasteiger partial charge in [0.25, 0.3) is 0 Å². The molecule has 0 radical (unpaired) electrons. The van der Waals surface area contributed by atoms with E-state index < -0.39 is 0 Å². The Morgan fingerprint density at radius 1 is 1.04 bits per heavy atom. The van der Waals surface area contributed by atoms with Crippen molar-refractivity contribution >= 4 is 29.4 Å². The van der Waals surface area contributed by atoms with Crippen molar-refractivity contribution in [1.29, 1.82) is 0 Å². The molecule has 1 aliphatic carbocycles. The second-order valence-corrected chi connectivity index (χ2v) is 8.90. The van der Waals surface area contributed by atoms with Gasteiger partial charge in [-0.3, -0.25) is 9.56 Å². The lowest BCUT2D eigenvalue weighted by Gasteiger charge is -2.32. The molecule has 7 heteroatoms. The van der Waals surface area contributed by atoms with Crippen LogP contribution in [0.25, 0.3) is 5.69 Å². The quantitative estimate of drug-likeness (QED) is 0.768. The molecule has 28 heavy (non-hydrogen) atoms. The number of aromatic nitrogens is 3. The number of nitrogens with one attached hydrogen (secondary N) is 1. The van der Waals surface area contributed by atoms with Gasteiger partial charge in [-0.15, -0.1) is 10.2 Å². The van der Waals surface area contributed by atoms with Gasteiger partial charge in [-0.1, -0.05) is 23.2 Å². The van der Waals surface area contributed by atoms with E-state index in [-0.39, 0.29) is 0 Å². The van der Waals surface area contributed by atoms with Gasteiger partial charge in [0.05, 0.1) is 18.3 Å². The van der Waals surface area contributed by atoms with Crippen LogP contribution in [0.4, 0.5) is 0 Å². The predicted octanol–water partition coefficient (Wildman–Crippen LogP) is 4.76. The number of halogens is 2. The van der Waals surface area contributed by atoms with Crippen LogP contribution in [-0.2, 0) is 13.1 Å². The van der Waals surface area contributed by atoms with E-state index in [1.165, 1.54) is 5.56 Å². The maximum Gasteiger partial charge on any atom is 0.151 e. The third-order valence-electron chi connectivity index (χ3n) is 6.25. The molecule has 0 bridgehead atoms. The zero-order valence-corrected chi connectivity index (χ0v) is 17.1. The van der Waals surface area contributed by atoms with Crippen molar-refractivity contribution in [2.75, 3.05) is 0 Å². The summed E-state index contributed by atoms with van der Waals surface area (Å²) < 4.78 is 2.26. The highest BCUT2D eigenvalue weighted by Gasteiger charge is 2.32. The van der Waals surface area contributed by atoms with E-state index in [0.29, 0.717) is 17.9 Å². The van der Waals surface area contributed by atoms with Crippen molar-refractivity contribution in [2.24, 2.45) is 10.9 Å². The minimum Gasteiger partial charge on any atom is -0.306 e. The lowest BCUT2D eigenvalue weighted by molar-refractivity contribution is 0.276. The molecule has 1 unspecified atom stereocenters. The van der Waals surface area contributed by atoms with Crippen LogP contribution >= 0.6 is 23.2 Å². The van der Waals surface area contributed by atoms with E-state index in [0.717, 1.165) is 72.6 Å². The van der Waals surface area contributed by atoms with Crippen molar-refractivity contribution in [3.8, 4) is 5.69 Å². The number of dihydropyridines is 1. The van der Waals surface area contributed by atoms with Gasteiger partial charge in [0.1, 0.15) is 5.82 Å². The Morgan fingerprint density at radius 2 is 1.89 bits per heavy atom. The van der Waals surface area contributed by atoms with Crippen molar-refractivity contribution in [3.05, 3.63) is 51.5 Å². The van der Waals surface area contributed by atoms with Crippen molar-refractivity contribution in [3.63, 3.8) is 0 Å². The molecule has 1 atom stereocenters. The van der Waals surface area contributed by atoms with Crippen LogP contribution in [0, 0.1) is 5.92 Å². The van der Waals surface area contributed by atoms with E-state index in [1.807, 2.05) is 24.4 Å². The minimum atomic E-state index is 0.334. The largest absolute Gasteiger partial charge is 0.306 e. The van der Waals surface area contributed by atoms with Gasteiger partial charge in [-0.25, -0.2) is 0 Å². The van der Waals surface area contributed by atoms with Crippen LogP contribution < -0.4 is 5.32 Å². The molecule has 2 aliphatic heterocycles. The number of nitrogens with zero attached hydrogens (tertiary/aromatic N) is 4. The van der Waals surface area contributed by atoms with Crippen LogP contribution in [0.2, 0.25) is 5.02 Å². The lowest BCUT2D eigenvalue weighted by Crippen LogP contribution is -2.26. The Kier molecular flexibility index (Phi) is 4.99. The molecule has 5 rings (SSSR count). The maximum absolute atomic E-state index is 6.23. The summed E-state index contributed by atoms with van der Waals surface area (Å²) in [6.45, 7) is 1.51. The van der Waals surface area contributed by atoms with Crippen LogP contribution in [0.15, 0.2) is 34.3 Å². The third-order valence-corrected chi connectivity index (χ3v) is 6.77. The molecule has 1 saturated carbocycles. The molecule has 0 spiro atoms. The SMILES string of the molecule is ClC1=CC=NC(C2CCC(c3nnc4n3-c3ccc(Cl)cc3CNC4)CC2)C1. The molecule has 146 valence electrons. The molecule has 0 saturated heterocycles. The molecule has 1 aromatic carbocycles. The second kappa shape index (κ2) is 7.62. The number of benzene rings is 1. The zero-order valence-electron chi connectivity index (χ0n) is 15.6. The molecule has 2 aromatic rings. The Morgan fingerprint density at radius 3 is 2.71 bits per heavy atom. The van der Waals surface area contributed by atoms with Crippen molar-refractivity contribution < 1.29 is 0 Å². The van der Waals surface area contributed by atoms with E-state index >= 15 is 0 Å². The number of allylic oxidation sites excluding steroid dienone is 1.